The Labute approximate surface area is 137 Å². The smallest absolute Gasteiger partial charge is 0.270 e. The number of anilines is 1. The second-order valence-corrected chi connectivity index (χ2v) is 5.44. The van der Waals surface area contributed by atoms with Gasteiger partial charge in [0, 0.05) is 25.9 Å². The monoisotopic (exact) mass is 313 g/mol. The summed E-state index contributed by atoms with van der Waals surface area (Å²) in [5, 5.41) is 2.84. The van der Waals surface area contributed by atoms with Crippen molar-refractivity contribution in [2.75, 3.05) is 18.5 Å². The van der Waals surface area contributed by atoms with Crippen LogP contribution in [0.1, 0.15) is 41.8 Å². The molecular formula is C17H23N5O. The molecule has 0 aliphatic carbocycles. The van der Waals surface area contributed by atoms with Gasteiger partial charge in [-0.2, -0.15) is 0 Å². The summed E-state index contributed by atoms with van der Waals surface area (Å²) in [6, 6.07) is 7.34. The molecule has 0 aliphatic rings. The predicted octanol–water partition coefficient (Wildman–Crippen LogP) is 2.35. The Bertz CT molecular complexity index is 645. The fraction of sp³-hybridized carbons (Fsp3) is 0.412. The fourth-order valence-corrected chi connectivity index (χ4v) is 2.14. The molecule has 2 heterocycles. The number of carbonyl (C=O) groups is 1. The third-order valence-electron chi connectivity index (χ3n) is 3.45. The van der Waals surface area contributed by atoms with Gasteiger partial charge in [0.2, 0.25) is 0 Å². The molecule has 122 valence electrons. The molecule has 0 fully saturated rings. The number of carbonyl (C=O) groups excluding carboxylic acids is 1. The van der Waals surface area contributed by atoms with Crippen molar-refractivity contribution in [1.29, 1.82) is 0 Å². The second kappa shape index (κ2) is 8.22. The second-order valence-electron chi connectivity index (χ2n) is 5.44. The quantitative estimate of drug-likeness (QED) is 0.849. The maximum Gasteiger partial charge on any atom is 0.270 e. The molecule has 0 bridgehead atoms. The van der Waals surface area contributed by atoms with Crippen molar-refractivity contribution >= 4 is 11.7 Å². The molecule has 6 heteroatoms. The molecule has 0 saturated heterocycles. The van der Waals surface area contributed by atoms with Crippen molar-refractivity contribution in [3.05, 3.63) is 47.7 Å². The Kier molecular flexibility index (Phi) is 6.02. The Morgan fingerprint density at radius 1 is 1.30 bits per heavy atom. The lowest BCUT2D eigenvalue weighted by Gasteiger charge is -2.18. The average Bonchev–Trinajstić information content (AvgIpc) is 2.57. The summed E-state index contributed by atoms with van der Waals surface area (Å²) < 4.78 is 0. The highest BCUT2D eigenvalue weighted by Gasteiger charge is 2.12. The fourth-order valence-electron chi connectivity index (χ4n) is 2.14. The van der Waals surface area contributed by atoms with E-state index < -0.39 is 0 Å². The van der Waals surface area contributed by atoms with Crippen LogP contribution in [0.15, 0.2) is 30.5 Å². The molecule has 23 heavy (non-hydrogen) atoms. The van der Waals surface area contributed by atoms with Crippen molar-refractivity contribution in [2.24, 2.45) is 0 Å². The lowest BCUT2D eigenvalue weighted by Crippen LogP contribution is -2.26. The number of hydrogen-bond acceptors (Lipinski definition) is 5. The van der Waals surface area contributed by atoms with Crippen molar-refractivity contribution < 1.29 is 4.79 Å². The van der Waals surface area contributed by atoms with Gasteiger partial charge < -0.3 is 10.2 Å². The number of hydrogen-bond donors (Lipinski definition) is 1. The van der Waals surface area contributed by atoms with Crippen LogP contribution in [-0.2, 0) is 6.54 Å². The van der Waals surface area contributed by atoms with Crippen molar-refractivity contribution in [3.8, 4) is 0 Å². The molecule has 0 atom stereocenters. The minimum Gasteiger partial charge on any atom is -0.360 e. The zero-order valence-corrected chi connectivity index (χ0v) is 13.9. The molecule has 2 rings (SSSR count). The van der Waals surface area contributed by atoms with Gasteiger partial charge in [0.05, 0.1) is 12.2 Å². The summed E-state index contributed by atoms with van der Waals surface area (Å²) in [6.07, 6.45) is 3.91. The first-order valence-corrected chi connectivity index (χ1v) is 7.85. The minimum absolute atomic E-state index is 0.216. The molecule has 0 aromatic carbocycles. The molecule has 1 N–H and O–H groups in total. The van der Waals surface area contributed by atoms with Crippen molar-refractivity contribution in [1.82, 2.24) is 20.3 Å². The number of aryl methyl sites for hydroxylation is 1. The van der Waals surface area contributed by atoms with Crippen LogP contribution in [0, 0.1) is 6.92 Å². The molecule has 2 aromatic rings. The number of amides is 1. The number of nitrogens with zero attached hydrogens (tertiary/aromatic N) is 4. The Morgan fingerprint density at radius 2 is 2.13 bits per heavy atom. The van der Waals surface area contributed by atoms with Crippen LogP contribution in [-0.4, -0.2) is 34.5 Å². The van der Waals surface area contributed by atoms with E-state index in [1.54, 1.807) is 19.2 Å². The molecule has 1 amide bonds. The number of pyridine rings is 1. The summed E-state index contributed by atoms with van der Waals surface area (Å²) in [5.74, 6) is 1.15. The molecule has 0 aliphatic heterocycles. The van der Waals surface area contributed by atoms with E-state index in [0.717, 1.165) is 30.9 Å². The van der Waals surface area contributed by atoms with Gasteiger partial charge in [0.15, 0.2) is 0 Å². The summed E-state index contributed by atoms with van der Waals surface area (Å²) in [7, 11) is 1.98. The van der Waals surface area contributed by atoms with E-state index in [1.807, 2.05) is 30.1 Å². The van der Waals surface area contributed by atoms with Gasteiger partial charge in [-0.05, 0) is 25.5 Å². The number of nitrogens with one attached hydrogen (secondary N) is 1. The summed E-state index contributed by atoms with van der Waals surface area (Å²) in [5.41, 5.74) is 1.19. The van der Waals surface area contributed by atoms with Gasteiger partial charge in [-0.25, -0.2) is 9.97 Å². The molecule has 0 unspecified atom stereocenters. The van der Waals surface area contributed by atoms with Crippen LogP contribution >= 0.6 is 0 Å². The first-order chi connectivity index (χ1) is 11.1. The zero-order valence-electron chi connectivity index (χ0n) is 13.9. The largest absolute Gasteiger partial charge is 0.360 e. The van der Waals surface area contributed by atoms with E-state index >= 15 is 0 Å². The van der Waals surface area contributed by atoms with Crippen LogP contribution in [0.5, 0.6) is 0 Å². The van der Waals surface area contributed by atoms with E-state index in [9.17, 15) is 4.79 Å². The summed E-state index contributed by atoms with van der Waals surface area (Å²) in [4.78, 5) is 27.2. The summed E-state index contributed by atoms with van der Waals surface area (Å²) >= 11 is 0. The number of aromatic nitrogens is 3. The van der Waals surface area contributed by atoms with Gasteiger partial charge in [-0.3, -0.25) is 9.78 Å². The van der Waals surface area contributed by atoms with Gasteiger partial charge in [-0.1, -0.05) is 19.4 Å². The van der Waals surface area contributed by atoms with Gasteiger partial charge in [-0.15, -0.1) is 0 Å². The predicted molar refractivity (Wildman–Crippen MR) is 90.4 cm³/mol. The Hall–Kier alpha value is -2.50. The molecule has 2 aromatic heterocycles. The lowest BCUT2D eigenvalue weighted by atomic mass is 10.3. The number of unbranched alkanes of at least 4 members (excludes halogenated alkanes) is 1. The van der Waals surface area contributed by atoms with Gasteiger partial charge >= 0.3 is 0 Å². The highest BCUT2D eigenvalue weighted by atomic mass is 16.1. The third-order valence-corrected chi connectivity index (χ3v) is 3.45. The van der Waals surface area contributed by atoms with Crippen LogP contribution < -0.4 is 10.2 Å². The van der Waals surface area contributed by atoms with Crippen LogP contribution in [0.3, 0.4) is 0 Å². The first kappa shape index (κ1) is 16.9. The highest BCUT2D eigenvalue weighted by molar-refractivity contribution is 5.92. The van der Waals surface area contributed by atoms with E-state index in [4.69, 9.17) is 0 Å². The highest BCUT2D eigenvalue weighted by Crippen LogP contribution is 2.12. The Morgan fingerprint density at radius 3 is 2.83 bits per heavy atom. The van der Waals surface area contributed by atoms with E-state index in [2.05, 4.69) is 27.2 Å². The van der Waals surface area contributed by atoms with Gasteiger partial charge in [0.25, 0.3) is 5.91 Å². The molecule has 6 nitrogen and oxygen atoms in total. The maximum absolute atomic E-state index is 12.3. The molecule has 0 spiro atoms. The first-order valence-electron chi connectivity index (χ1n) is 7.85. The van der Waals surface area contributed by atoms with Crippen LogP contribution in [0.2, 0.25) is 0 Å². The lowest BCUT2D eigenvalue weighted by molar-refractivity contribution is 0.0945. The molecule has 0 saturated carbocycles. The van der Waals surface area contributed by atoms with E-state index in [0.29, 0.717) is 18.1 Å². The molecular weight excluding hydrogens is 290 g/mol. The zero-order chi connectivity index (χ0) is 16.7. The van der Waals surface area contributed by atoms with E-state index in [-0.39, 0.29) is 5.91 Å². The third kappa shape index (κ3) is 5.02. The van der Waals surface area contributed by atoms with E-state index in [1.165, 1.54) is 0 Å². The maximum atomic E-state index is 12.3. The average molecular weight is 313 g/mol. The van der Waals surface area contributed by atoms with Crippen molar-refractivity contribution in [3.63, 3.8) is 0 Å². The number of rotatable bonds is 7. The normalized spacial score (nSPS) is 10.4. The van der Waals surface area contributed by atoms with Crippen molar-refractivity contribution in [2.45, 2.75) is 33.2 Å². The van der Waals surface area contributed by atoms with Gasteiger partial charge in [0.1, 0.15) is 17.3 Å². The standard InChI is InChI=1S/C17H23N5O/c1-4-5-10-22(3)16-11-15(20-13(2)21-16)17(23)19-12-14-8-6-7-9-18-14/h6-9,11H,4-5,10,12H2,1-3H3,(H,19,23). The molecule has 0 radical (unpaired) electrons. The topological polar surface area (TPSA) is 71.0 Å². The summed E-state index contributed by atoms with van der Waals surface area (Å²) in [6.45, 7) is 5.23. The SMILES string of the molecule is CCCCN(C)c1cc(C(=O)NCc2ccccn2)nc(C)n1. The van der Waals surface area contributed by atoms with Crippen LogP contribution in [0.25, 0.3) is 0 Å². The Balaban J connectivity index is 2.06. The minimum atomic E-state index is -0.216. The van der Waals surface area contributed by atoms with Crippen LogP contribution in [0.4, 0.5) is 5.82 Å².